The lowest BCUT2D eigenvalue weighted by Gasteiger charge is -1.79. The molecule has 49 valence electrons. The maximum atomic E-state index is 3.05. The Hall–Kier alpha value is -1.02. The van der Waals surface area contributed by atoms with Crippen molar-refractivity contribution in [2.75, 3.05) is 0 Å². The zero-order valence-corrected chi connectivity index (χ0v) is 6.11. The van der Waals surface area contributed by atoms with E-state index in [2.05, 4.69) is 29.0 Å². The summed E-state index contributed by atoms with van der Waals surface area (Å²) in [7, 11) is 0. The largest absolute Gasteiger partial charge is 0.359 e. The lowest BCUT2D eigenvalue weighted by molar-refractivity contribution is 1.28. The van der Waals surface area contributed by atoms with Crippen LogP contribution in [0.2, 0.25) is 0 Å². The molecule has 1 nitrogen and oxygen atoms in total. The average molecular weight is 148 g/mol. The Labute approximate surface area is 63.0 Å². The highest BCUT2D eigenvalue weighted by Gasteiger charge is 1.86. The van der Waals surface area contributed by atoms with Gasteiger partial charge in [-0.3, -0.25) is 0 Å². The zero-order chi connectivity index (χ0) is 6.81. The maximum Gasteiger partial charge on any atom is 0.0713 e. The third kappa shape index (κ3) is 0.866. The summed E-state index contributed by atoms with van der Waals surface area (Å²) in [6.45, 7) is 0. The summed E-state index contributed by atoms with van der Waals surface area (Å²) < 4.78 is 1.27. The molecule has 0 atom stereocenters. The van der Waals surface area contributed by atoms with Crippen LogP contribution in [-0.2, 0) is 0 Å². The molecular weight excluding hydrogens is 142 g/mol. The molecule has 2 heteroatoms. The quantitative estimate of drug-likeness (QED) is 0.556. The first kappa shape index (κ1) is 5.74. The van der Waals surface area contributed by atoms with Gasteiger partial charge in [-0.05, 0) is 23.6 Å². The molecule has 0 aromatic carbocycles. The summed E-state index contributed by atoms with van der Waals surface area (Å²) in [5.74, 6) is 0. The average Bonchev–Trinajstić information content (AvgIpc) is 2.28. The van der Waals surface area contributed by atoms with E-state index in [0.29, 0.717) is 0 Å². The first-order chi connectivity index (χ1) is 4.97. The maximum absolute atomic E-state index is 3.05. The van der Waals surface area contributed by atoms with E-state index in [0.717, 1.165) is 5.22 Å². The molecule has 0 spiro atoms. The van der Waals surface area contributed by atoms with E-state index in [1.165, 1.54) is 4.53 Å². The molecule has 0 unspecified atom stereocenters. The van der Waals surface area contributed by atoms with E-state index in [9.17, 15) is 0 Å². The Kier molecular flexibility index (Phi) is 1.32. The van der Waals surface area contributed by atoms with E-state index in [1.54, 1.807) is 11.3 Å². The van der Waals surface area contributed by atoms with Gasteiger partial charge in [0, 0.05) is 16.0 Å². The summed E-state index contributed by atoms with van der Waals surface area (Å²) in [6.07, 6.45) is 8.97. The van der Waals surface area contributed by atoms with Crippen molar-refractivity contribution >= 4 is 23.6 Å². The molecule has 1 aliphatic heterocycles. The number of nitrogens with one attached hydrogen (secondary N) is 1. The zero-order valence-electron chi connectivity index (χ0n) is 5.29. The highest BCUT2D eigenvalue weighted by Crippen LogP contribution is 1.83. The van der Waals surface area contributed by atoms with Gasteiger partial charge in [0.2, 0.25) is 0 Å². The molecule has 0 saturated carbocycles. The predicted octanol–water partition coefficient (Wildman–Crippen LogP) is 0.261. The fourth-order valence-electron chi connectivity index (χ4n) is 0.856. The van der Waals surface area contributed by atoms with Crippen molar-refractivity contribution in [3.63, 3.8) is 0 Å². The second kappa shape index (κ2) is 2.31. The normalized spacial score (nSPS) is 14.0. The third-order valence-electron chi connectivity index (χ3n) is 1.33. The lowest BCUT2D eigenvalue weighted by Crippen LogP contribution is -2.18. The molecule has 0 bridgehead atoms. The summed E-state index contributed by atoms with van der Waals surface area (Å²) in [5, 5.41) is 6.15. The van der Waals surface area contributed by atoms with Gasteiger partial charge in [0.15, 0.2) is 0 Å². The van der Waals surface area contributed by atoms with Crippen LogP contribution in [0.5, 0.6) is 0 Å². The van der Waals surface area contributed by atoms with Crippen LogP contribution >= 0.6 is 11.3 Å². The summed E-state index contributed by atoms with van der Waals surface area (Å²) in [4.78, 5) is 0. The van der Waals surface area contributed by atoms with Gasteiger partial charge in [0.1, 0.15) is 0 Å². The minimum absolute atomic E-state index is 1.15. The Morgan fingerprint density at radius 2 is 2.50 bits per heavy atom. The van der Waals surface area contributed by atoms with Crippen LogP contribution in [0.15, 0.2) is 23.7 Å². The van der Waals surface area contributed by atoms with Gasteiger partial charge in [-0.2, -0.15) is 0 Å². The van der Waals surface area contributed by atoms with Crippen LogP contribution in [0.1, 0.15) is 0 Å². The molecule has 2 rings (SSSR count). The van der Waals surface area contributed by atoms with Crippen molar-refractivity contribution < 1.29 is 0 Å². The monoisotopic (exact) mass is 148 g/mol. The van der Waals surface area contributed by atoms with E-state index in [-0.39, 0.29) is 0 Å². The van der Waals surface area contributed by atoms with E-state index in [4.69, 9.17) is 0 Å². The van der Waals surface area contributed by atoms with E-state index in [1.807, 2.05) is 12.3 Å². The molecule has 0 fully saturated rings. The molecule has 1 radical (unpaired) electrons. The van der Waals surface area contributed by atoms with Gasteiger partial charge < -0.3 is 5.32 Å². The second-order valence-electron chi connectivity index (χ2n) is 1.99. The Bertz CT molecular complexity index is 359. The highest BCUT2D eigenvalue weighted by atomic mass is 32.1. The Balaban J connectivity index is 2.82. The molecule has 0 aliphatic carbocycles. The minimum Gasteiger partial charge on any atom is -0.359 e. The molecule has 1 aromatic rings. The fourth-order valence-corrected chi connectivity index (χ4v) is 1.61. The molecule has 0 saturated heterocycles. The first-order valence-electron chi connectivity index (χ1n) is 3.06. The summed E-state index contributed by atoms with van der Waals surface area (Å²) >= 11 is 1.73. The number of allylic oxidation sites excluding steroid dienone is 1. The molecule has 1 aliphatic rings. The number of hydrogen-bond acceptors (Lipinski definition) is 2. The van der Waals surface area contributed by atoms with Crippen LogP contribution in [0.4, 0.5) is 0 Å². The van der Waals surface area contributed by atoms with Crippen LogP contribution < -0.4 is 15.1 Å². The van der Waals surface area contributed by atoms with E-state index < -0.39 is 0 Å². The predicted molar refractivity (Wildman–Crippen MR) is 43.7 cm³/mol. The first-order valence-corrected chi connectivity index (χ1v) is 3.94. The van der Waals surface area contributed by atoms with E-state index >= 15 is 0 Å². The molecular formula is C8H6NS. The number of thiophene rings is 1. The van der Waals surface area contributed by atoms with Crippen molar-refractivity contribution in [2.24, 2.45) is 0 Å². The smallest absolute Gasteiger partial charge is 0.0713 e. The Morgan fingerprint density at radius 1 is 1.50 bits per heavy atom. The molecule has 1 N–H and O–H groups in total. The van der Waals surface area contributed by atoms with Crippen molar-refractivity contribution in [3.8, 4) is 0 Å². The summed E-state index contributed by atoms with van der Waals surface area (Å²) in [5.41, 5.74) is 0. The number of rotatable bonds is 0. The van der Waals surface area contributed by atoms with Gasteiger partial charge >= 0.3 is 0 Å². The van der Waals surface area contributed by atoms with Crippen LogP contribution in [0.25, 0.3) is 12.3 Å². The molecule has 0 amide bonds. The lowest BCUT2D eigenvalue weighted by atomic mass is 10.4. The molecule has 10 heavy (non-hydrogen) atoms. The van der Waals surface area contributed by atoms with Crippen molar-refractivity contribution in [3.05, 3.63) is 33.5 Å². The van der Waals surface area contributed by atoms with Crippen LogP contribution in [-0.4, -0.2) is 0 Å². The number of fused-ring (bicyclic) bond motifs is 1. The molecule has 1 aromatic heterocycles. The van der Waals surface area contributed by atoms with Crippen molar-refractivity contribution in [1.82, 2.24) is 5.32 Å². The van der Waals surface area contributed by atoms with Crippen molar-refractivity contribution in [2.45, 2.75) is 0 Å². The third-order valence-corrected chi connectivity index (χ3v) is 2.21. The fraction of sp³-hybridized carbons (Fsp3) is 0. The molecule has 2 heterocycles. The van der Waals surface area contributed by atoms with Gasteiger partial charge in [-0.1, -0.05) is 0 Å². The van der Waals surface area contributed by atoms with Gasteiger partial charge in [-0.25, -0.2) is 0 Å². The van der Waals surface area contributed by atoms with Gasteiger partial charge in [0.05, 0.1) is 6.20 Å². The Morgan fingerprint density at radius 3 is 3.50 bits per heavy atom. The van der Waals surface area contributed by atoms with Gasteiger partial charge in [0.25, 0.3) is 0 Å². The van der Waals surface area contributed by atoms with Crippen molar-refractivity contribution in [1.29, 1.82) is 0 Å². The SMILES string of the molecule is [C]1=c2ccsc2=CC=CN1. The topological polar surface area (TPSA) is 12.0 Å². The second-order valence-corrected chi connectivity index (χ2v) is 2.94. The van der Waals surface area contributed by atoms with Crippen LogP contribution in [0.3, 0.4) is 0 Å². The van der Waals surface area contributed by atoms with Crippen LogP contribution in [0, 0.1) is 0 Å². The highest BCUT2D eigenvalue weighted by molar-refractivity contribution is 7.07. The standard InChI is InChI=1S/C8H6NS/c1-2-8-7(3-5-10-8)6-9-4-1/h1-5,9H. The van der Waals surface area contributed by atoms with Gasteiger partial charge in [-0.15, -0.1) is 11.3 Å². The minimum atomic E-state index is 1.15. The summed E-state index contributed by atoms with van der Waals surface area (Å²) in [6, 6.07) is 2.05. The number of hydrogen-bond donors (Lipinski definition) is 1.